The highest BCUT2D eigenvalue weighted by atomic mass is 35.5. The van der Waals surface area contributed by atoms with Gasteiger partial charge in [-0.2, -0.15) is 0 Å². The first-order valence-corrected chi connectivity index (χ1v) is 11.4. The molecular weight excluding hydrogens is 441 g/mol. The minimum absolute atomic E-state index is 0.0175. The Kier molecular flexibility index (Phi) is 5.44. The SMILES string of the molecule is Cc1ccc(C)c(N2CC(c3nc4ccccc4n3Cc3c(Cl)cccc3Cl)CC2=O)c1. The van der Waals surface area contributed by atoms with Crippen molar-refractivity contribution in [1.82, 2.24) is 9.55 Å². The summed E-state index contributed by atoms with van der Waals surface area (Å²) in [7, 11) is 0. The van der Waals surface area contributed by atoms with Crippen LogP contribution in [0.4, 0.5) is 5.69 Å². The van der Waals surface area contributed by atoms with Gasteiger partial charge in [0.25, 0.3) is 0 Å². The lowest BCUT2D eigenvalue weighted by Crippen LogP contribution is -2.25. The average molecular weight is 464 g/mol. The summed E-state index contributed by atoms with van der Waals surface area (Å²) in [4.78, 5) is 19.9. The average Bonchev–Trinajstić information content (AvgIpc) is 3.33. The molecule has 0 radical (unpaired) electrons. The number of fused-ring (bicyclic) bond motifs is 1. The summed E-state index contributed by atoms with van der Waals surface area (Å²) in [5.74, 6) is 0.998. The molecule has 0 saturated carbocycles. The molecule has 0 N–H and O–H groups in total. The molecule has 4 nitrogen and oxygen atoms in total. The molecule has 3 aromatic carbocycles. The molecule has 1 aliphatic rings. The Morgan fingerprint density at radius 1 is 1.00 bits per heavy atom. The molecule has 162 valence electrons. The van der Waals surface area contributed by atoms with E-state index in [1.165, 1.54) is 0 Å². The number of benzene rings is 3. The molecule has 1 fully saturated rings. The van der Waals surface area contributed by atoms with Gasteiger partial charge in [0.15, 0.2) is 0 Å². The van der Waals surface area contributed by atoms with Crippen molar-refractivity contribution >= 4 is 45.8 Å². The van der Waals surface area contributed by atoms with Gasteiger partial charge < -0.3 is 9.47 Å². The summed E-state index contributed by atoms with van der Waals surface area (Å²) in [6.45, 7) is 5.20. The topological polar surface area (TPSA) is 38.1 Å². The van der Waals surface area contributed by atoms with Crippen LogP contribution in [0.5, 0.6) is 0 Å². The lowest BCUT2D eigenvalue weighted by molar-refractivity contribution is -0.117. The predicted molar refractivity (Wildman–Crippen MR) is 131 cm³/mol. The van der Waals surface area contributed by atoms with Crippen molar-refractivity contribution in [3.8, 4) is 0 Å². The summed E-state index contributed by atoms with van der Waals surface area (Å²) in [6.07, 6.45) is 0.424. The molecule has 0 bridgehead atoms. The van der Waals surface area contributed by atoms with Crippen molar-refractivity contribution in [2.45, 2.75) is 32.7 Å². The van der Waals surface area contributed by atoms with Gasteiger partial charge in [0.2, 0.25) is 5.91 Å². The number of amides is 1. The van der Waals surface area contributed by atoms with Crippen LogP contribution >= 0.6 is 23.2 Å². The third-order valence-corrected chi connectivity index (χ3v) is 6.92. The molecule has 1 unspecified atom stereocenters. The van der Waals surface area contributed by atoms with Gasteiger partial charge in [-0.1, -0.05) is 53.5 Å². The molecule has 1 aromatic heterocycles. The first-order valence-electron chi connectivity index (χ1n) is 10.7. The molecule has 0 spiro atoms. The Labute approximate surface area is 197 Å². The molecule has 6 heteroatoms. The Morgan fingerprint density at radius 3 is 2.53 bits per heavy atom. The summed E-state index contributed by atoms with van der Waals surface area (Å²) >= 11 is 13.0. The molecule has 1 amide bonds. The first kappa shape index (κ1) is 21.0. The number of aryl methyl sites for hydroxylation is 2. The number of aromatic nitrogens is 2. The van der Waals surface area contributed by atoms with Gasteiger partial charge >= 0.3 is 0 Å². The van der Waals surface area contributed by atoms with Crippen molar-refractivity contribution in [3.05, 3.63) is 93.2 Å². The molecule has 5 rings (SSSR count). The number of halogens is 2. The molecule has 1 aliphatic heterocycles. The quantitative estimate of drug-likeness (QED) is 0.345. The maximum atomic E-state index is 13.1. The van der Waals surface area contributed by atoms with E-state index in [-0.39, 0.29) is 11.8 Å². The van der Waals surface area contributed by atoms with E-state index < -0.39 is 0 Å². The highest BCUT2D eigenvalue weighted by Gasteiger charge is 2.35. The molecular formula is C26H23Cl2N3O. The van der Waals surface area contributed by atoms with Gasteiger partial charge in [-0.05, 0) is 55.3 Å². The summed E-state index contributed by atoms with van der Waals surface area (Å²) in [5.41, 5.74) is 5.99. The number of anilines is 1. The van der Waals surface area contributed by atoms with E-state index in [0.717, 1.165) is 39.2 Å². The van der Waals surface area contributed by atoms with Crippen LogP contribution in [-0.2, 0) is 11.3 Å². The summed E-state index contributed by atoms with van der Waals surface area (Å²) in [5, 5.41) is 1.25. The largest absolute Gasteiger partial charge is 0.323 e. The molecule has 32 heavy (non-hydrogen) atoms. The number of rotatable bonds is 4. The van der Waals surface area contributed by atoms with Crippen LogP contribution in [0, 0.1) is 13.8 Å². The molecule has 4 aromatic rings. The lowest BCUT2D eigenvalue weighted by Gasteiger charge is -2.20. The fourth-order valence-electron chi connectivity index (χ4n) is 4.54. The normalized spacial score (nSPS) is 16.3. The minimum atomic E-state index is -0.0175. The van der Waals surface area contributed by atoms with Gasteiger partial charge in [0, 0.05) is 40.2 Å². The lowest BCUT2D eigenvalue weighted by atomic mass is 10.1. The van der Waals surface area contributed by atoms with E-state index in [1.54, 1.807) is 0 Å². The second kappa shape index (κ2) is 8.27. The zero-order valence-electron chi connectivity index (χ0n) is 18.0. The number of nitrogens with zero attached hydrogens (tertiary/aromatic N) is 3. The van der Waals surface area contributed by atoms with Crippen LogP contribution in [0.15, 0.2) is 60.7 Å². The van der Waals surface area contributed by atoms with Crippen LogP contribution in [-0.4, -0.2) is 22.0 Å². The Morgan fingerprint density at radius 2 is 1.75 bits per heavy atom. The molecule has 0 aliphatic carbocycles. The van der Waals surface area contributed by atoms with E-state index in [2.05, 4.69) is 28.8 Å². The van der Waals surface area contributed by atoms with Crippen LogP contribution < -0.4 is 4.90 Å². The van der Waals surface area contributed by atoms with Crippen LogP contribution in [0.25, 0.3) is 11.0 Å². The number of imidazole rings is 1. The van der Waals surface area contributed by atoms with Gasteiger partial charge in [-0.3, -0.25) is 4.79 Å². The second-order valence-electron chi connectivity index (χ2n) is 8.44. The number of carbonyl (C=O) groups is 1. The van der Waals surface area contributed by atoms with E-state index in [9.17, 15) is 4.79 Å². The van der Waals surface area contributed by atoms with Crippen molar-refractivity contribution in [2.75, 3.05) is 11.4 Å². The highest BCUT2D eigenvalue weighted by Crippen LogP contribution is 2.36. The number of hydrogen-bond acceptors (Lipinski definition) is 2. The van der Waals surface area contributed by atoms with Crippen LogP contribution in [0.3, 0.4) is 0 Å². The van der Waals surface area contributed by atoms with E-state index in [4.69, 9.17) is 28.2 Å². The number of carbonyl (C=O) groups excluding carboxylic acids is 1. The predicted octanol–water partition coefficient (Wildman–Crippen LogP) is 6.53. The van der Waals surface area contributed by atoms with Crippen LogP contribution in [0.2, 0.25) is 10.0 Å². The van der Waals surface area contributed by atoms with Gasteiger partial charge in [0.1, 0.15) is 5.82 Å². The standard InChI is InChI=1S/C26H23Cl2N3O/c1-16-10-11-17(2)24(12-16)30-14-18(13-25(30)32)26-29-22-8-3-4-9-23(22)31(26)15-19-20(27)6-5-7-21(19)28/h3-12,18H,13-15H2,1-2H3. The van der Waals surface area contributed by atoms with Crippen molar-refractivity contribution in [2.24, 2.45) is 0 Å². The zero-order chi connectivity index (χ0) is 22.4. The Hall–Kier alpha value is -2.82. The summed E-state index contributed by atoms with van der Waals surface area (Å²) in [6, 6.07) is 19.8. The molecule has 1 atom stereocenters. The zero-order valence-corrected chi connectivity index (χ0v) is 19.5. The van der Waals surface area contributed by atoms with Crippen molar-refractivity contribution in [3.63, 3.8) is 0 Å². The van der Waals surface area contributed by atoms with E-state index in [0.29, 0.717) is 29.6 Å². The van der Waals surface area contributed by atoms with Gasteiger partial charge in [-0.25, -0.2) is 4.98 Å². The van der Waals surface area contributed by atoms with Crippen LogP contribution in [0.1, 0.15) is 34.9 Å². The molecule has 2 heterocycles. The highest BCUT2D eigenvalue weighted by molar-refractivity contribution is 6.36. The van der Waals surface area contributed by atoms with E-state index >= 15 is 0 Å². The Balaban J connectivity index is 1.57. The first-order chi connectivity index (χ1) is 15.4. The van der Waals surface area contributed by atoms with E-state index in [1.807, 2.05) is 55.1 Å². The van der Waals surface area contributed by atoms with Gasteiger partial charge in [0.05, 0.1) is 17.6 Å². The summed E-state index contributed by atoms with van der Waals surface area (Å²) < 4.78 is 2.16. The fraction of sp³-hybridized carbons (Fsp3) is 0.231. The monoisotopic (exact) mass is 463 g/mol. The van der Waals surface area contributed by atoms with Gasteiger partial charge in [-0.15, -0.1) is 0 Å². The second-order valence-corrected chi connectivity index (χ2v) is 9.25. The molecule has 1 saturated heterocycles. The number of para-hydroxylation sites is 2. The fourth-order valence-corrected chi connectivity index (χ4v) is 5.05. The smallest absolute Gasteiger partial charge is 0.227 e. The van der Waals surface area contributed by atoms with Crippen molar-refractivity contribution in [1.29, 1.82) is 0 Å². The maximum Gasteiger partial charge on any atom is 0.227 e. The minimum Gasteiger partial charge on any atom is -0.323 e. The third kappa shape index (κ3) is 3.68. The van der Waals surface area contributed by atoms with Crippen molar-refractivity contribution < 1.29 is 4.79 Å². The number of hydrogen-bond donors (Lipinski definition) is 0. The maximum absolute atomic E-state index is 13.1. The Bertz CT molecular complexity index is 1320. The third-order valence-electron chi connectivity index (χ3n) is 6.21.